The first-order valence-electron chi connectivity index (χ1n) is 7.91. The molecule has 5 nitrogen and oxygen atoms in total. The maximum absolute atomic E-state index is 13.8. The highest BCUT2D eigenvalue weighted by Crippen LogP contribution is 2.29. The standard InChI is InChI=1S/C19H17FN2O3S/c1-24-13-6-7-15-14(9-13)18(11-4-3-5-12(20)8-11)21-16(19(26)22-15)10-17(23)25-2/h3-9,16H,10H2,1-2H3,(H,22,26). The number of nitrogens with one attached hydrogen (secondary N) is 1. The number of carbonyl (C=O) groups excluding carboxylic acids is 1. The van der Waals surface area contributed by atoms with Gasteiger partial charge in [-0.2, -0.15) is 0 Å². The zero-order chi connectivity index (χ0) is 18.7. The van der Waals surface area contributed by atoms with Gasteiger partial charge in [-0.1, -0.05) is 24.4 Å². The van der Waals surface area contributed by atoms with E-state index >= 15 is 0 Å². The number of fused-ring (bicyclic) bond motifs is 1. The lowest BCUT2D eigenvalue weighted by atomic mass is 10.00. The van der Waals surface area contributed by atoms with E-state index in [0.29, 0.717) is 33.3 Å². The van der Waals surface area contributed by atoms with Crippen molar-refractivity contribution in [2.24, 2.45) is 4.99 Å². The van der Waals surface area contributed by atoms with Crippen LogP contribution in [0.2, 0.25) is 0 Å². The van der Waals surface area contributed by atoms with E-state index in [1.165, 1.54) is 19.2 Å². The second kappa shape index (κ2) is 7.61. The molecular weight excluding hydrogens is 355 g/mol. The van der Waals surface area contributed by atoms with Crippen molar-refractivity contribution in [1.29, 1.82) is 0 Å². The van der Waals surface area contributed by atoms with Gasteiger partial charge in [0.1, 0.15) is 22.6 Å². The van der Waals surface area contributed by atoms with Crippen LogP contribution in [0.15, 0.2) is 47.5 Å². The monoisotopic (exact) mass is 372 g/mol. The second-order valence-corrected chi connectivity index (χ2v) is 6.12. The highest BCUT2D eigenvalue weighted by atomic mass is 32.1. The average Bonchev–Trinajstić information content (AvgIpc) is 2.77. The Balaban J connectivity index is 2.17. The summed E-state index contributed by atoms with van der Waals surface area (Å²) in [5.41, 5.74) is 2.54. The van der Waals surface area contributed by atoms with E-state index < -0.39 is 12.0 Å². The molecule has 0 aliphatic carbocycles. The Hall–Kier alpha value is -2.80. The van der Waals surface area contributed by atoms with Gasteiger partial charge in [0.2, 0.25) is 0 Å². The molecule has 2 aromatic carbocycles. The summed E-state index contributed by atoms with van der Waals surface area (Å²) in [5.74, 6) is -0.170. The Morgan fingerprint density at radius 2 is 2.08 bits per heavy atom. The van der Waals surface area contributed by atoms with Gasteiger partial charge < -0.3 is 14.8 Å². The van der Waals surface area contributed by atoms with Crippen molar-refractivity contribution < 1.29 is 18.7 Å². The summed E-state index contributed by atoms with van der Waals surface area (Å²) in [7, 11) is 2.88. The van der Waals surface area contributed by atoms with Crippen LogP contribution in [0.25, 0.3) is 0 Å². The predicted molar refractivity (Wildman–Crippen MR) is 102 cm³/mol. The lowest BCUT2D eigenvalue weighted by Gasteiger charge is -2.12. The van der Waals surface area contributed by atoms with Crippen LogP contribution in [-0.2, 0) is 9.53 Å². The van der Waals surface area contributed by atoms with Gasteiger partial charge in [-0.3, -0.25) is 9.79 Å². The number of thiocarbonyl (C=S) groups is 1. The maximum Gasteiger partial charge on any atom is 0.308 e. The molecule has 1 unspecified atom stereocenters. The molecule has 0 spiro atoms. The fourth-order valence-corrected chi connectivity index (χ4v) is 2.95. The van der Waals surface area contributed by atoms with E-state index in [1.54, 1.807) is 31.4 Å². The molecule has 0 aromatic heterocycles. The van der Waals surface area contributed by atoms with Crippen LogP contribution in [0.1, 0.15) is 17.5 Å². The van der Waals surface area contributed by atoms with Gasteiger partial charge in [0.05, 0.1) is 26.4 Å². The topological polar surface area (TPSA) is 59.9 Å². The van der Waals surface area contributed by atoms with E-state index in [0.717, 1.165) is 0 Å². The Morgan fingerprint density at radius 3 is 2.77 bits per heavy atom. The molecule has 26 heavy (non-hydrogen) atoms. The van der Waals surface area contributed by atoms with E-state index in [4.69, 9.17) is 21.7 Å². The number of halogens is 1. The fourth-order valence-electron chi connectivity index (χ4n) is 2.70. The van der Waals surface area contributed by atoms with E-state index in [-0.39, 0.29) is 12.2 Å². The summed E-state index contributed by atoms with van der Waals surface area (Å²) >= 11 is 5.41. The molecule has 134 valence electrons. The van der Waals surface area contributed by atoms with Crippen LogP contribution in [0.4, 0.5) is 10.1 Å². The number of methoxy groups -OCH3 is 2. The summed E-state index contributed by atoms with van der Waals surface area (Å²) in [6.45, 7) is 0. The third-order valence-electron chi connectivity index (χ3n) is 4.01. The van der Waals surface area contributed by atoms with Crippen molar-refractivity contribution in [2.45, 2.75) is 12.5 Å². The van der Waals surface area contributed by atoms with Crippen LogP contribution in [-0.4, -0.2) is 36.9 Å². The number of hydrogen-bond donors (Lipinski definition) is 1. The Labute approximate surface area is 155 Å². The van der Waals surface area contributed by atoms with Gasteiger partial charge in [0, 0.05) is 16.8 Å². The summed E-state index contributed by atoms with van der Waals surface area (Å²) in [4.78, 5) is 16.8. The van der Waals surface area contributed by atoms with Crippen molar-refractivity contribution >= 4 is 34.6 Å². The van der Waals surface area contributed by atoms with Crippen LogP contribution in [0, 0.1) is 5.82 Å². The third-order valence-corrected chi connectivity index (χ3v) is 4.39. The number of carbonyl (C=O) groups is 1. The Morgan fingerprint density at radius 1 is 1.27 bits per heavy atom. The van der Waals surface area contributed by atoms with Crippen molar-refractivity contribution in [3.63, 3.8) is 0 Å². The van der Waals surface area contributed by atoms with Crippen molar-refractivity contribution in [1.82, 2.24) is 0 Å². The first-order chi connectivity index (χ1) is 12.5. The number of rotatable bonds is 4. The zero-order valence-corrected chi connectivity index (χ0v) is 15.1. The highest BCUT2D eigenvalue weighted by molar-refractivity contribution is 7.80. The molecule has 1 aliphatic heterocycles. The minimum absolute atomic E-state index is 0.00767. The SMILES string of the molecule is COC(=O)CC1N=C(c2cccc(F)c2)c2cc(OC)ccc2NC1=S. The van der Waals surface area contributed by atoms with Gasteiger partial charge in [0.25, 0.3) is 0 Å². The van der Waals surface area contributed by atoms with E-state index in [1.807, 2.05) is 6.07 Å². The molecule has 0 saturated heterocycles. The number of anilines is 1. The van der Waals surface area contributed by atoms with Gasteiger partial charge in [-0.25, -0.2) is 4.39 Å². The van der Waals surface area contributed by atoms with Crippen LogP contribution >= 0.6 is 12.2 Å². The molecule has 2 aromatic rings. The van der Waals surface area contributed by atoms with Crippen LogP contribution in [0.3, 0.4) is 0 Å². The molecule has 0 fully saturated rings. The first-order valence-corrected chi connectivity index (χ1v) is 8.32. The van der Waals surface area contributed by atoms with Crippen LogP contribution < -0.4 is 10.1 Å². The molecule has 3 rings (SSSR count). The Bertz CT molecular complexity index is 898. The molecule has 7 heteroatoms. The minimum atomic E-state index is -0.617. The van der Waals surface area contributed by atoms with E-state index in [9.17, 15) is 9.18 Å². The molecule has 1 N–H and O–H groups in total. The van der Waals surface area contributed by atoms with E-state index in [2.05, 4.69) is 10.3 Å². The van der Waals surface area contributed by atoms with Crippen molar-refractivity contribution in [3.8, 4) is 5.75 Å². The van der Waals surface area contributed by atoms with Crippen molar-refractivity contribution in [2.75, 3.05) is 19.5 Å². The summed E-state index contributed by atoms with van der Waals surface area (Å²) in [5, 5.41) is 3.13. The number of benzene rings is 2. The number of nitrogens with zero attached hydrogens (tertiary/aromatic N) is 1. The molecular formula is C19H17FN2O3S. The number of aliphatic imine (C=N–C) groups is 1. The van der Waals surface area contributed by atoms with Gasteiger partial charge in [-0.15, -0.1) is 0 Å². The average molecular weight is 372 g/mol. The second-order valence-electron chi connectivity index (χ2n) is 5.68. The highest BCUT2D eigenvalue weighted by Gasteiger charge is 2.26. The number of esters is 1. The normalized spacial score (nSPS) is 16.0. The van der Waals surface area contributed by atoms with Gasteiger partial charge in [0.15, 0.2) is 0 Å². The Kier molecular flexibility index (Phi) is 5.27. The lowest BCUT2D eigenvalue weighted by molar-refractivity contribution is -0.140. The quantitative estimate of drug-likeness (QED) is 0.659. The molecule has 1 heterocycles. The predicted octanol–water partition coefficient (Wildman–Crippen LogP) is 3.36. The van der Waals surface area contributed by atoms with Gasteiger partial charge in [-0.05, 0) is 30.3 Å². The number of benzodiazepines with no additional fused rings is 1. The first kappa shape index (κ1) is 18.0. The van der Waals surface area contributed by atoms with Crippen molar-refractivity contribution in [3.05, 3.63) is 59.4 Å². The van der Waals surface area contributed by atoms with Gasteiger partial charge >= 0.3 is 5.97 Å². The summed E-state index contributed by atoms with van der Waals surface area (Å²) in [6.07, 6.45) is -0.00767. The molecule has 1 aliphatic rings. The molecule has 0 saturated carbocycles. The molecule has 0 radical (unpaired) electrons. The number of ether oxygens (including phenoxy) is 2. The maximum atomic E-state index is 13.8. The lowest BCUT2D eigenvalue weighted by Crippen LogP contribution is -2.26. The zero-order valence-electron chi connectivity index (χ0n) is 14.3. The minimum Gasteiger partial charge on any atom is -0.497 e. The molecule has 0 amide bonds. The van der Waals surface area contributed by atoms with Crippen LogP contribution in [0.5, 0.6) is 5.75 Å². The fraction of sp³-hybridized carbons (Fsp3) is 0.211. The smallest absolute Gasteiger partial charge is 0.308 e. The number of hydrogen-bond acceptors (Lipinski definition) is 5. The summed E-state index contributed by atoms with van der Waals surface area (Å²) in [6, 6.07) is 10.9. The summed E-state index contributed by atoms with van der Waals surface area (Å²) < 4.78 is 23.8. The largest absolute Gasteiger partial charge is 0.497 e. The molecule has 0 bridgehead atoms. The molecule has 1 atom stereocenters. The third kappa shape index (κ3) is 3.72.